The smallest absolute Gasteiger partial charge is 0.237 e. The van der Waals surface area contributed by atoms with Crippen molar-refractivity contribution in [2.45, 2.75) is 23.9 Å². The Kier molecular flexibility index (Phi) is 6.57. The van der Waals surface area contributed by atoms with Gasteiger partial charge in [0.1, 0.15) is 0 Å². The van der Waals surface area contributed by atoms with E-state index in [1.54, 1.807) is 31.4 Å². The van der Waals surface area contributed by atoms with Gasteiger partial charge in [0.2, 0.25) is 5.91 Å². The number of amides is 1. The Balaban J connectivity index is 1.78. The number of anilines is 1. The third kappa shape index (κ3) is 4.65. The Morgan fingerprint density at radius 1 is 1.36 bits per heavy atom. The molecule has 0 aliphatic carbocycles. The second-order valence-corrected chi connectivity index (χ2v) is 7.85. The van der Waals surface area contributed by atoms with Crippen LogP contribution in [0.1, 0.15) is 12.5 Å². The number of fused-ring (bicyclic) bond motifs is 1. The minimum absolute atomic E-state index is 0.141. The van der Waals surface area contributed by atoms with Crippen molar-refractivity contribution in [1.82, 2.24) is 9.55 Å². The average molecular weight is 415 g/mol. The van der Waals surface area contributed by atoms with Gasteiger partial charge < -0.3 is 14.6 Å². The van der Waals surface area contributed by atoms with Gasteiger partial charge in [0.15, 0.2) is 5.16 Å². The first-order chi connectivity index (χ1) is 13.5. The number of imidazole rings is 1. The predicted molar refractivity (Wildman–Crippen MR) is 112 cm³/mol. The molecule has 0 aliphatic rings. The lowest BCUT2D eigenvalue weighted by Crippen LogP contribution is -2.23. The number of rotatable bonds is 7. The summed E-state index contributed by atoms with van der Waals surface area (Å²) in [7, 11) is 1.65. The molecule has 1 amide bonds. The molecule has 0 spiro atoms. The van der Waals surface area contributed by atoms with Crippen molar-refractivity contribution in [3.63, 3.8) is 0 Å². The van der Waals surface area contributed by atoms with Gasteiger partial charge in [-0.05, 0) is 49.4 Å². The fraction of sp³-hybridized carbons (Fsp3) is 0.250. The van der Waals surface area contributed by atoms with Crippen molar-refractivity contribution in [2.24, 2.45) is 0 Å². The molecule has 0 fully saturated rings. The molecule has 0 saturated heterocycles. The molecule has 1 aromatic heterocycles. The summed E-state index contributed by atoms with van der Waals surface area (Å²) in [6.07, 6.45) is 0. The molecule has 0 radical (unpaired) electrons. The number of methoxy groups -OCH3 is 1. The molecule has 3 rings (SSSR count). The fourth-order valence-corrected chi connectivity index (χ4v) is 3.77. The quantitative estimate of drug-likeness (QED) is 0.582. The van der Waals surface area contributed by atoms with E-state index in [4.69, 9.17) is 21.6 Å². The van der Waals surface area contributed by atoms with Gasteiger partial charge in [-0.15, -0.1) is 0 Å². The number of hydrogen-bond acceptors (Lipinski definition) is 5. The molecule has 28 heavy (non-hydrogen) atoms. The van der Waals surface area contributed by atoms with Crippen LogP contribution in [-0.2, 0) is 16.1 Å². The average Bonchev–Trinajstić information content (AvgIpc) is 3.02. The van der Waals surface area contributed by atoms with Crippen molar-refractivity contribution in [3.05, 3.63) is 53.1 Å². The fourth-order valence-electron chi connectivity index (χ4n) is 2.65. The molecule has 2 aromatic carbocycles. The first kappa shape index (κ1) is 20.2. The Morgan fingerprint density at radius 2 is 2.11 bits per heavy atom. The molecule has 0 aliphatic heterocycles. The summed E-state index contributed by atoms with van der Waals surface area (Å²) in [6.45, 7) is 2.99. The number of aromatic nitrogens is 2. The lowest BCUT2D eigenvalue weighted by atomic mass is 10.2. The normalized spacial score (nSPS) is 11.9. The molecule has 3 aromatic rings. The number of nitrogens with one attached hydrogen (secondary N) is 1. The third-order valence-electron chi connectivity index (χ3n) is 4.13. The van der Waals surface area contributed by atoms with E-state index in [2.05, 4.69) is 16.4 Å². The van der Waals surface area contributed by atoms with Gasteiger partial charge in [0.05, 0.1) is 34.5 Å². The zero-order chi connectivity index (χ0) is 20.1. The summed E-state index contributed by atoms with van der Waals surface area (Å²) >= 11 is 7.46. The van der Waals surface area contributed by atoms with Crippen LogP contribution in [0.15, 0.2) is 47.6 Å². The standard InChI is InChI=1S/C20H19ClN4O2S/c1-13(19(26)23-16-6-3-14(12-22)4-7-16)28-20-24-17-11-15(21)5-8-18(17)25(20)9-10-27-2/h3-8,11,13H,9-10H2,1-2H3,(H,23,26). The molecule has 1 atom stereocenters. The minimum Gasteiger partial charge on any atom is -0.383 e. The van der Waals surface area contributed by atoms with Gasteiger partial charge in [-0.2, -0.15) is 5.26 Å². The highest BCUT2D eigenvalue weighted by molar-refractivity contribution is 8.00. The summed E-state index contributed by atoms with van der Waals surface area (Å²) < 4.78 is 7.24. The third-order valence-corrected chi connectivity index (χ3v) is 5.45. The van der Waals surface area contributed by atoms with Crippen LogP contribution in [0.25, 0.3) is 11.0 Å². The number of hydrogen-bond donors (Lipinski definition) is 1. The summed E-state index contributed by atoms with van der Waals surface area (Å²) in [5.74, 6) is -0.141. The van der Waals surface area contributed by atoms with Crippen LogP contribution in [0.5, 0.6) is 0 Å². The van der Waals surface area contributed by atoms with Gasteiger partial charge in [0.25, 0.3) is 0 Å². The molecule has 1 N–H and O–H groups in total. The van der Waals surface area contributed by atoms with E-state index < -0.39 is 0 Å². The summed E-state index contributed by atoms with van der Waals surface area (Å²) in [4.78, 5) is 17.2. The highest BCUT2D eigenvalue weighted by Crippen LogP contribution is 2.29. The lowest BCUT2D eigenvalue weighted by molar-refractivity contribution is -0.115. The van der Waals surface area contributed by atoms with E-state index in [1.807, 2.05) is 29.7 Å². The van der Waals surface area contributed by atoms with Crippen molar-refractivity contribution in [1.29, 1.82) is 5.26 Å². The molecule has 1 unspecified atom stereocenters. The molecule has 1 heterocycles. The number of thioether (sulfide) groups is 1. The van der Waals surface area contributed by atoms with Crippen LogP contribution in [0.2, 0.25) is 5.02 Å². The van der Waals surface area contributed by atoms with E-state index in [1.165, 1.54) is 11.8 Å². The van der Waals surface area contributed by atoms with E-state index in [9.17, 15) is 4.79 Å². The summed E-state index contributed by atoms with van der Waals surface area (Å²) in [6, 6.07) is 14.4. The Labute approximate surface area is 172 Å². The predicted octanol–water partition coefficient (Wildman–Crippen LogP) is 4.33. The van der Waals surface area contributed by atoms with E-state index in [0.717, 1.165) is 16.2 Å². The molecular weight excluding hydrogens is 396 g/mol. The van der Waals surface area contributed by atoms with Crippen LogP contribution in [0, 0.1) is 11.3 Å². The molecule has 6 nitrogen and oxygen atoms in total. The highest BCUT2D eigenvalue weighted by atomic mass is 35.5. The largest absolute Gasteiger partial charge is 0.383 e. The van der Waals surface area contributed by atoms with Gasteiger partial charge in [-0.1, -0.05) is 23.4 Å². The number of halogens is 1. The van der Waals surface area contributed by atoms with Crippen molar-refractivity contribution in [2.75, 3.05) is 19.0 Å². The zero-order valence-electron chi connectivity index (χ0n) is 15.5. The number of nitrogens with zero attached hydrogens (tertiary/aromatic N) is 3. The number of carbonyl (C=O) groups is 1. The Bertz CT molecular complexity index is 1030. The van der Waals surface area contributed by atoms with Crippen molar-refractivity contribution >= 4 is 46.0 Å². The van der Waals surface area contributed by atoms with Crippen LogP contribution in [0.4, 0.5) is 5.69 Å². The maximum Gasteiger partial charge on any atom is 0.237 e. The van der Waals surface area contributed by atoms with Gasteiger partial charge in [0, 0.05) is 24.4 Å². The number of ether oxygens (including phenoxy) is 1. The van der Waals surface area contributed by atoms with Crippen molar-refractivity contribution < 1.29 is 9.53 Å². The van der Waals surface area contributed by atoms with Crippen LogP contribution in [-0.4, -0.2) is 34.4 Å². The topological polar surface area (TPSA) is 79.9 Å². The molecule has 8 heteroatoms. The van der Waals surface area contributed by atoms with Gasteiger partial charge in [-0.3, -0.25) is 4.79 Å². The zero-order valence-corrected chi connectivity index (χ0v) is 17.0. The number of nitriles is 1. The molecule has 0 bridgehead atoms. The molecule has 0 saturated carbocycles. The van der Waals surface area contributed by atoms with Crippen LogP contribution < -0.4 is 5.32 Å². The monoisotopic (exact) mass is 414 g/mol. The van der Waals surface area contributed by atoms with Crippen molar-refractivity contribution in [3.8, 4) is 6.07 Å². The Morgan fingerprint density at radius 3 is 2.79 bits per heavy atom. The SMILES string of the molecule is COCCn1c(SC(C)C(=O)Nc2ccc(C#N)cc2)nc2cc(Cl)ccc21. The lowest BCUT2D eigenvalue weighted by Gasteiger charge is -2.13. The van der Waals surface area contributed by atoms with Crippen LogP contribution in [0.3, 0.4) is 0 Å². The first-order valence-electron chi connectivity index (χ1n) is 8.64. The second-order valence-electron chi connectivity index (χ2n) is 6.11. The molecule has 144 valence electrons. The van der Waals surface area contributed by atoms with E-state index in [-0.39, 0.29) is 11.2 Å². The van der Waals surface area contributed by atoms with Gasteiger partial charge in [-0.25, -0.2) is 4.98 Å². The van der Waals surface area contributed by atoms with Crippen LogP contribution >= 0.6 is 23.4 Å². The van der Waals surface area contributed by atoms with E-state index in [0.29, 0.717) is 29.4 Å². The molecular formula is C20H19ClN4O2S. The first-order valence-corrected chi connectivity index (χ1v) is 9.90. The summed E-state index contributed by atoms with van der Waals surface area (Å²) in [5, 5.41) is 12.7. The van der Waals surface area contributed by atoms with E-state index >= 15 is 0 Å². The highest BCUT2D eigenvalue weighted by Gasteiger charge is 2.20. The van der Waals surface area contributed by atoms with Gasteiger partial charge >= 0.3 is 0 Å². The minimum atomic E-state index is -0.371. The number of carbonyl (C=O) groups excluding carboxylic acids is 1. The number of benzene rings is 2. The maximum absolute atomic E-state index is 12.6. The summed E-state index contributed by atoms with van der Waals surface area (Å²) in [5.41, 5.74) is 2.93. The second kappa shape index (κ2) is 9.11. The Hall–Kier alpha value is -2.53. The maximum atomic E-state index is 12.6.